The van der Waals surface area contributed by atoms with E-state index in [1.165, 1.54) is 12.1 Å². The minimum atomic E-state index is -0.428. The maximum Gasteiger partial charge on any atom is 0.269 e. The summed E-state index contributed by atoms with van der Waals surface area (Å²) in [4.78, 5) is 10.1. The number of hydrogen-bond acceptors (Lipinski definition) is 4. The molecule has 2 rings (SSSR count). The number of benzene rings is 1. The van der Waals surface area contributed by atoms with Crippen LogP contribution < -0.4 is 0 Å². The predicted molar refractivity (Wildman–Crippen MR) is 66.1 cm³/mol. The Morgan fingerprint density at radius 3 is 2.65 bits per heavy atom. The van der Waals surface area contributed by atoms with Crippen LogP contribution in [0, 0.1) is 10.1 Å². The molecule has 2 aromatic rings. The molecule has 0 unspecified atom stereocenters. The van der Waals surface area contributed by atoms with Gasteiger partial charge < -0.3 is 4.52 Å². The second-order valence-electron chi connectivity index (χ2n) is 3.42. The lowest BCUT2D eigenvalue weighted by atomic mass is 10.1. The van der Waals surface area contributed by atoms with Crippen LogP contribution in [0.3, 0.4) is 0 Å². The summed E-state index contributed by atoms with van der Waals surface area (Å²) in [6.07, 6.45) is 0.764. The molecule has 5 nitrogen and oxygen atoms in total. The first-order valence-electron chi connectivity index (χ1n) is 4.97. The van der Waals surface area contributed by atoms with Crippen LogP contribution in [0.2, 0.25) is 0 Å². The number of nitro benzene ring substituents is 1. The molecule has 0 saturated carbocycles. The second-order valence-corrected chi connectivity index (χ2v) is 4.21. The van der Waals surface area contributed by atoms with Crippen molar-refractivity contribution in [3.8, 4) is 11.3 Å². The number of rotatable bonds is 4. The smallest absolute Gasteiger partial charge is 0.269 e. The molecule has 0 aliphatic rings. The van der Waals surface area contributed by atoms with E-state index in [-0.39, 0.29) is 5.69 Å². The van der Waals surface area contributed by atoms with E-state index in [4.69, 9.17) is 4.52 Å². The van der Waals surface area contributed by atoms with Crippen LogP contribution in [-0.2, 0) is 6.42 Å². The molecular weight excluding hydrogens is 288 g/mol. The number of nitro groups is 1. The number of hydrogen-bond donors (Lipinski definition) is 0. The first kappa shape index (κ1) is 11.8. The van der Waals surface area contributed by atoms with Gasteiger partial charge in [0.15, 0.2) is 0 Å². The van der Waals surface area contributed by atoms with Gasteiger partial charge in [-0.15, -0.1) is 0 Å². The van der Waals surface area contributed by atoms with Gasteiger partial charge in [0.2, 0.25) is 0 Å². The number of halogens is 1. The van der Waals surface area contributed by atoms with E-state index < -0.39 is 4.92 Å². The minimum Gasteiger partial charge on any atom is -0.361 e. The number of nitrogens with zero attached hydrogens (tertiary/aromatic N) is 2. The number of aryl methyl sites for hydroxylation is 1. The highest BCUT2D eigenvalue weighted by Gasteiger charge is 2.08. The number of alkyl halides is 1. The summed E-state index contributed by atoms with van der Waals surface area (Å²) >= 11 is 3.31. The molecule has 1 heterocycles. The van der Waals surface area contributed by atoms with Crippen molar-refractivity contribution in [2.75, 3.05) is 5.33 Å². The van der Waals surface area contributed by atoms with Crippen molar-refractivity contribution in [1.29, 1.82) is 0 Å². The third-order valence-electron chi connectivity index (χ3n) is 2.27. The quantitative estimate of drug-likeness (QED) is 0.493. The molecule has 0 aliphatic carbocycles. The molecule has 0 amide bonds. The molecule has 1 aromatic carbocycles. The third kappa shape index (κ3) is 2.71. The van der Waals surface area contributed by atoms with Gasteiger partial charge in [-0.05, 0) is 12.1 Å². The lowest BCUT2D eigenvalue weighted by Gasteiger charge is -1.94. The normalized spacial score (nSPS) is 10.4. The summed E-state index contributed by atoms with van der Waals surface area (Å²) in [6, 6.07) is 8.06. The Morgan fingerprint density at radius 1 is 1.35 bits per heavy atom. The van der Waals surface area contributed by atoms with Gasteiger partial charge in [0, 0.05) is 35.5 Å². The molecule has 0 bridgehead atoms. The zero-order valence-corrected chi connectivity index (χ0v) is 10.4. The van der Waals surface area contributed by atoms with Crippen LogP contribution in [0.1, 0.15) is 5.76 Å². The molecule has 0 fully saturated rings. The Balaban J connectivity index is 2.23. The Labute approximate surface area is 106 Å². The van der Waals surface area contributed by atoms with E-state index in [1.54, 1.807) is 12.1 Å². The summed E-state index contributed by atoms with van der Waals surface area (Å²) in [7, 11) is 0. The molecule has 0 N–H and O–H groups in total. The first-order valence-corrected chi connectivity index (χ1v) is 6.09. The molecule has 0 aliphatic heterocycles. The van der Waals surface area contributed by atoms with Crippen molar-refractivity contribution >= 4 is 21.6 Å². The highest BCUT2D eigenvalue weighted by molar-refractivity contribution is 9.09. The molecule has 17 heavy (non-hydrogen) atoms. The van der Waals surface area contributed by atoms with Crippen molar-refractivity contribution in [1.82, 2.24) is 5.16 Å². The van der Waals surface area contributed by atoms with Crippen LogP contribution in [-0.4, -0.2) is 15.4 Å². The van der Waals surface area contributed by atoms with E-state index in [1.807, 2.05) is 6.07 Å². The molecule has 0 spiro atoms. The summed E-state index contributed by atoms with van der Waals surface area (Å²) in [5.41, 5.74) is 1.56. The van der Waals surface area contributed by atoms with Crippen molar-refractivity contribution < 1.29 is 9.45 Å². The SMILES string of the molecule is O=[N+]([O-])c1ccc(-c2cc(CCBr)on2)cc1. The van der Waals surface area contributed by atoms with Crippen LogP contribution in [0.15, 0.2) is 34.9 Å². The van der Waals surface area contributed by atoms with Gasteiger partial charge in [-0.25, -0.2) is 0 Å². The van der Waals surface area contributed by atoms with Gasteiger partial charge in [-0.1, -0.05) is 21.1 Å². The van der Waals surface area contributed by atoms with Gasteiger partial charge in [0.1, 0.15) is 11.5 Å². The highest BCUT2D eigenvalue weighted by Crippen LogP contribution is 2.22. The maximum absolute atomic E-state index is 10.5. The standard InChI is InChI=1S/C11H9BrN2O3/c12-6-5-10-7-11(13-17-10)8-1-3-9(4-2-8)14(15)16/h1-4,7H,5-6H2. The van der Waals surface area contributed by atoms with Gasteiger partial charge in [-0.2, -0.15) is 0 Å². The Morgan fingerprint density at radius 2 is 2.06 bits per heavy atom. The van der Waals surface area contributed by atoms with Crippen molar-refractivity contribution in [2.45, 2.75) is 6.42 Å². The highest BCUT2D eigenvalue weighted by atomic mass is 79.9. The van der Waals surface area contributed by atoms with Crippen LogP contribution in [0.4, 0.5) is 5.69 Å². The van der Waals surface area contributed by atoms with E-state index in [0.29, 0.717) is 5.69 Å². The Kier molecular flexibility index (Phi) is 3.53. The fraction of sp³-hybridized carbons (Fsp3) is 0.182. The van der Waals surface area contributed by atoms with Crippen LogP contribution in [0.25, 0.3) is 11.3 Å². The van der Waals surface area contributed by atoms with E-state index in [9.17, 15) is 10.1 Å². The largest absolute Gasteiger partial charge is 0.361 e. The summed E-state index contributed by atoms with van der Waals surface area (Å²) in [6.45, 7) is 0. The van der Waals surface area contributed by atoms with Crippen molar-refractivity contribution in [3.05, 3.63) is 46.2 Å². The Hall–Kier alpha value is -1.69. The molecule has 0 atom stereocenters. The molecule has 88 valence electrons. The van der Waals surface area contributed by atoms with Crippen LogP contribution in [0.5, 0.6) is 0 Å². The fourth-order valence-corrected chi connectivity index (χ4v) is 1.80. The third-order valence-corrected chi connectivity index (χ3v) is 2.67. The van der Waals surface area contributed by atoms with E-state index in [0.717, 1.165) is 23.1 Å². The fourth-order valence-electron chi connectivity index (χ4n) is 1.41. The number of non-ortho nitro benzene ring substituents is 1. The van der Waals surface area contributed by atoms with E-state index >= 15 is 0 Å². The number of aromatic nitrogens is 1. The second kappa shape index (κ2) is 5.09. The lowest BCUT2D eigenvalue weighted by Crippen LogP contribution is -1.87. The zero-order valence-electron chi connectivity index (χ0n) is 8.80. The van der Waals surface area contributed by atoms with Gasteiger partial charge in [-0.3, -0.25) is 10.1 Å². The van der Waals surface area contributed by atoms with E-state index in [2.05, 4.69) is 21.1 Å². The molecule has 0 radical (unpaired) electrons. The van der Waals surface area contributed by atoms with Crippen molar-refractivity contribution in [3.63, 3.8) is 0 Å². The monoisotopic (exact) mass is 296 g/mol. The van der Waals surface area contributed by atoms with Gasteiger partial charge >= 0.3 is 0 Å². The summed E-state index contributed by atoms with van der Waals surface area (Å²) < 4.78 is 5.12. The lowest BCUT2D eigenvalue weighted by molar-refractivity contribution is -0.384. The molecule has 6 heteroatoms. The summed E-state index contributed by atoms with van der Waals surface area (Å²) in [5, 5.41) is 15.2. The Bertz CT molecular complexity index is 522. The molecule has 0 saturated heterocycles. The first-order chi connectivity index (χ1) is 8.20. The summed E-state index contributed by atoms with van der Waals surface area (Å²) in [5.74, 6) is 0.787. The van der Waals surface area contributed by atoms with Crippen molar-refractivity contribution in [2.24, 2.45) is 0 Å². The maximum atomic E-state index is 10.5. The zero-order chi connectivity index (χ0) is 12.3. The topological polar surface area (TPSA) is 69.2 Å². The van der Waals surface area contributed by atoms with Gasteiger partial charge in [0.05, 0.1) is 4.92 Å². The average Bonchev–Trinajstić information content (AvgIpc) is 2.78. The van der Waals surface area contributed by atoms with Crippen LogP contribution >= 0.6 is 15.9 Å². The average molecular weight is 297 g/mol. The van der Waals surface area contributed by atoms with Gasteiger partial charge in [0.25, 0.3) is 5.69 Å². The predicted octanol–water partition coefficient (Wildman–Crippen LogP) is 3.19. The molecule has 1 aromatic heterocycles. The minimum absolute atomic E-state index is 0.0675. The molecular formula is C11H9BrN2O3.